The van der Waals surface area contributed by atoms with Crippen LogP contribution in [0.3, 0.4) is 0 Å². The molecule has 162 valence electrons. The first-order valence-corrected chi connectivity index (χ1v) is 12.2. The number of hydrogen-bond acceptors (Lipinski definition) is 4. The van der Waals surface area contributed by atoms with Crippen molar-refractivity contribution in [3.63, 3.8) is 0 Å². The molecule has 30 heavy (non-hydrogen) atoms. The smallest absolute Gasteiger partial charge is 0.243 e. The summed E-state index contributed by atoms with van der Waals surface area (Å²) in [5.41, 5.74) is 0.635. The lowest BCUT2D eigenvalue weighted by Gasteiger charge is -2.30. The molecule has 0 atom stereocenters. The van der Waals surface area contributed by atoms with Crippen LogP contribution in [0.2, 0.25) is 5.02 Å². The van der Waals surface area contributed by atoms with E-state index in [0.717, 1.165) is 22.8 Å². The number of nitrogens with zero attached hydrogens (tertiary/aromatic N) is 1. The summed E-state index contributed by atoms with van der Waals surface area (Å²) in [7, 11) is -3.95. The lowest BCUT2D eigenvalue weighted by atomic mass is 9.97. The highest BCUT2D eigenvalue weighted by molar-refractivity contribution is 7.99. The molecular formula is C20H21ClF2N2O3S2. The summed E-state index contributed by atoms with van der Waals surface area (Å²) in [5, 5.41) is 3.41. The van der Waals surface area contributed by atoms with Gasteiger partial charge in [0.15, 0.2) is 11.6 Å². The van der Waals surface area contributed by atoms with E-state index in [9.17, 15) is 22.0 Å². The van der Waals surface area contributed by atoms with Gasteiger partial charge in [0.05, 0.1) is 10.6 Å². The van der Waals surface area contributed by atoms with Gasteiger partial charge in [-0.25, -0.2) is 17.2 Å². The lowest BCUT2D eigenvalue weighted by molar-refractivity contribution is -0.120. The average molecular weight is 475 g/mol. The van der Waals surface area contributed by atoms with Gasteiger partial charge in [0.1, 0.15) is 0 Å². The van der Waals surface area contributed by atoms with E-state index in [1.807, 2.05) is 13.0 Å². The Bertz CT molecular complexity index is 1040. The van der Waals surface area contributed by atoms with Crippen LogP contribution in [0.1, 0.15) is 19.8 Å². The van der Waals surface area contributed by atoms with Crippen molar-refractivity contribution in [1.82, 2.24) is 4.31 Å². The van der Waals surface area contributed by atoms with Crippen LogP contribution in [0, 0.1) is 17.6 Å². The molecule has 1 amide bonds. The molecule has 0 aromatic heterocycles. The van der Waals surface area contributed by atoms with Crippen LogP contribution >= 0.6 is 23.4 Å². The van der Waals surface area contributed by atoms with E-state index < -0.39 is 21.7 Å². The van der Waals surface area contributed by atoms with Crippen molar-refractivity contribution >= 4 is 45.0 Å². The Morgan fingerprint density at radius 1 is 1.17 bits per heavy atom. The van der Waals surface area contributed by atoms with Gasteiger partial charge in [-0.3, -0.25) is 4.79 Å². The topological polar surface area (TPSA) is 66.5 Å². The van der Waals surface area contributed by atoms with Crippen molar-refractivity contribution in [2.75, 3.05) is 24.2 Å². The third-order valence-electron chi connectivity index (χ3n) is 4.85. The molecule has 0 unspecified atom stereocenters. The highest BCUT2D eigenvalue weighted by Gasteiger charge is 2.32. The zero-order chi connectivity index (χ0) is 21.9. The summed E-state index contributed by atoms with van der Waals surface area (Å²) < 4.78 is 53.1. The zero-order valence-corrected chi connectivity index (χ0v) is 18.6. The maximum Gasteiger partial charge on any atom is 0.243 e. The van der Waals surface area contributed by atoms with Crippen molar-refractivity contribution in [3.8, 4) is 0 Å². The molecule has 10 heteroatoms. The van der Waals surface area contributed by atoms with Crippen LogP contribution in [-0.2, 0) is 14.8 Å². The normalized spacial score (nSPS) is 15.9. The van der Waals surface area contributed by atoms with E-state index in [4.69, 9.17) is 11.6 Å². The van der Waals surface area contributed by atoms with Crippen LogP contribution in [0.25, 0.3) is 0 Å². The number of anilines is 1. The molecule has 0 radical (unpaired) electrons. The maximum absolute atomic E-state index is 13.4. The van der Waals surface area contributed by atoms with E-state index in [2.05, 4.69) is 5.32 Å². The summed E-state index contributed by atoms with van der Waals surface area (Å²) >= 11 is 7.64. The number of nitrogens with one attached hydrogen (secondary N) is 1. The van der Waals surface area contributed by atoms with Crippen LogP contribution in [0.4, 0.5) is 14.5 Å². The third-order valence-corrected chi connectivity index (χ3v) is 7.94. The van der Waals surface area contributed by atoms with E-state index in [0.29, 0.717) is 29.6 Å². The average Bonchev–Trinajstić information content (AvgIpc) is 2.72. The Balaban J connectivity index is 1.66. The Morgan fingerprint density at radius 2 is 1.87 bits per heavy atom. The highest BCUT2D eigenvalue weighted by atomic mass is 35.5. The fraction of sp³-hybridized carbons (Fsp3) is 0.350. The molecule has 0 spiro atoms. The molecule has 5 nitrogen and oxygen atoms in total. The van der Waals surface area contributed by atoms with Crippen molar-refractivity contribution in [3.05, 3.63) is 53.1 Å². The second-order valence-electron chi connectivity index (χ2n) is 6.82. The Labute approximate surface area is 183 Å². The molecule has 1 saturated heterocycles. The fourth-order valence-electron chi connectivity index (χ4n) is 3.26. The van der Waals surface area contributed by atoms with Gasteiger partial charge < -0.3 is 5.32 Å². The number of sulfonamides is 1. The molecular weight excluding hydrogens is 454 g/mol. The minimum absolute atomic E-state index is 0.117. The van der Waals surface area contributed by atoms with Gasteiger partial charge in [-0.05, 0) is 55.0 Å². The van der Waals surface area contributed by atoms with Gasteiger partial charge in [-0.15, -0.1) is 11.8 Å². The minimum Gasteiger partial charge on any atom is -0.325 e. The number of carbonyl (C=O) groups is 1. The molecule has 1 aliphatic rings. The Kier molecular flexibility index (Phi) is 7.38. The summed E-state index contributed by atoms with van der Waals surface area (Å²) in [5.74, 6) is -2.04. The molecule has 0 saturated carbocycles. The van der Waals surface area contributed by atoms with E-state index in [1.54, 1.807) is 23.9 Å². The molecule has 0 bridgehead atoms. The standard InChI is InChI=1S/C20H21ClF2N2O3S2/c1-2-29-19-6-3-14(21)11-18(19)24-20(26)13-7-9-25(10-8-13)30(27,28)15-4-5-16(22)17(23)12-15/h3-6,11-13H,2,7-10H2,1H3,(H,24,26). The first-order chi connectivity index (χ1) is 14.2. The number of rotatable bonds is 6. The summed E-state index contributed by atoms with van der Waals surface area (Å²) in [4.78, 5) is 13.3. The first kappa shape index (κ1) is 23.0. The number of piperidine rings is 1. The second kappa shape index (κ2) is 9.64. The van der Waals surface area contributed by atoms with Gasteiger partial charge in [0.2, 0.25) is 15.9 Å². The number of benzene rings is 2. The van der Waals surface area contributed by atoms with Crippen molar-refractivity contribution < 1.29 is 22.0 Å². The van der Waals surface area contributed by atoms with Crippen molar-refractivity contribution in [2.45, 2.75) is 29.6 Å². The number of thioether (sulfide) groups is 1. The Hall–Kier alpha value is -1.68. The monoisotopic (exact) mass is 474 g/mol. The largest absolute Gasteiger partial charge is 0.325 e. The van der Waals surface area contributed by atoms with E-state index >= 15 is 0 Å². The summed E-state index contributed by atoms with van der Waals surface area (Å²) in [6.07, 6.45) is 0.650. The molecule has 1 heterocycles. The van der Waals surface area contributed by atoms with Gasteiger partial charge in [-0.1, -0.05) is 18.5 Å². The maximum atomic E-state index is 13.4. The quantitative estimate of drug-likeness (QED) is 0.612. The number of amides is 1. The molecule has 1 fully saturated rings. The predicted octanol–water partition coefficient (Wildman–Crippen LogP) is 4.77. The van der Waals surface area contributed by atoms with Crippen LogP contribution in [0.15, 0.2) is 46.2 Å². The van der Waals surface area contributed by atoms with E-state index in [-0.39, 0.29) is 29.8 Å². The predicted molar refractivity (Wildman–Crippen MR) is 114 cm³/mol. The SMILES string of the molecule is CCSc1ccc(Cl)cc1NC(=O)C1CCN(S(=O)(=O)c2ccc(F)c(F)c2)CC1. The molecule has 2 aromatic carbocycles. The number of halogens is 3. The summed E-state index contributed by atoms with van der Waals surface area (Å²) in [6, 6.07) is 7.81. The highest BCUT2D eigenvalue weighted by Crippen LogP contribution is 2.31. The molecule has 3 rings (SSSR count). The Morgan fingerprint density at radius 3 is 2.50 bits per heavy atom. The number of carbonyl (C=O) groups excluding carboxylic acids is 1. The molecule has 1 aliphatic heterocycles. The fourth-order valence-corrected chi connectivity index (χ4v) is 5.66. The second-order valence-corrected chi connectivity index (χ2v) is 10.5. The minimum atomic E-state index is -3.95. The van der Waals surface area contributed by atoms with Gasteiger partial charge in [0.25, 0.3) is 0 Å². The van der Waals surface area contributed by atoms with E-state index in [1.165, 1.54) is 4.31 Å². The molecule has 1 N–H and O–H groups in total. The van der Waals surface area contributed by atoms with Crippen LogP contribution in [0.5, 0.6) is 0 Å². The van der Waals surface area contributed by atoms with Crippen LogP contribution < -0.4 is 5.32 Å². The van der Waals surface area contributed by atoms with Crippen molar-refractivity contribution in [1.29, 1.82) is 0 Å². The van der Waals surface area contributed by atoms with Gasteiger partial charge in [0, 0.05) is 28.9 Å². The third kappa shape index (κ3) is 5.14. The number of hydrogen-bond donors (Lipinski definition) is 1. The first-order valence-electron chi connectivity index (χ1n) is 9.40. The van der Waals surface area contributed by atoms with Crippen molar-refractivity contribution in [2.24, 2.45) is 5.92 Å². The zero-order valence-electron chi connectivity index (χ0n) is 16.2. The molecule has 0 aliphatic carbocycles. The van der Waals surface area contributed by atoms with Gasteiger partial charge >= 0.3 is 0 Å². The molecule has 2 aromatic rings. The lowest BCUT2D eigenvalue weighted by Crippen LogP contribution is -2.41. The van der Waals surface area contributed by atoms with Crippen LogP contribution in [-0.4, -0.2) is 37.5 Å². The van der Waals surface area contributed by atoms with Gasteiger partial charge in [-0.2, -0.15) is 4.31 Å². The summed E-state index contributed by atoms with van der Waals surface area (Å²) in [6.45, 7) is 2.24.